The Hall–Kier alpha value is -5.44. The van der Waals surface area contributed by atoms with Crippen LogP contribution in [0.1, 0.15) is 29.0 Å². The molecule has 9 nitrogen and oxygen atoms in total. The first-order chi connectivity index (χ1) is 19.3. The molecule has 0 unspecified atom stereocenters. The molecule has 2 heterocycles. The van der Waals surface area contributed by atoms with Crippen molar-refractivity contribution in [2.24, 2.45) is 0 Å². The fourth-order valence-corrected chi connectivity index (χ4v) is 4.89. The van der Waals surface area contributed by atoms with Gasteiger partial charge in [-0.15, -0.1) is 0 Å². The highest BCUT2D eigenvalue weighted by atomic mass is 16.5. The van der Waals surface area contributed by atoms with Gasteiger partial charge in [-0.05, 0) is 41.5 Å². The van der Waals surface area contributed by atoms with E-state index in [0.717, 1.165) is 17.7 Å². The number of hydrogen-bond donors (Lipinski definition) is 4. The fourth-order valence-electron chi connectivity index (χ4n) is 4.89. The summed E-state index contributed by atoms with van der Waals surface area (Å²) < 4.78 is 17.4. The van der Waals surface area contributed by atoms with Crippen molar-refractivity contribution in [1.29, 1.82) is 0 Å². The molecule has 5 aromatic rings. The number of carbonyl (C=O) groups excluding carboxylic acids is 1. The Labute approximate surface area is 226 Å². The minimum Gasteiger partial charge on any atom is -0.507 e. The second-order valence-corrected chi connectivity index (χ2v) is 9.40. The molecule has 1 aliphatic heterocycles. The van der Waals surface area contributed by atoms with Crippen molar-refractivity contribution in [2.75, 3.05) is 0 Å². The summed E-state index contributed by atoms with van der Waals surface area (Å²) in [7, 11) is 0. The zero-order valence-electron chi connectivity index (χ0n) is 20.8. The number of esters is 1. The largest absolute Gasteiger partial charge is 0.507 e. The molecule has 0 bridgehead atoms. The number of rotatable bonds is 5. The van der Waals surface area contributed by atoms with Crippen molar-refractivity contribution in [3.05, 3.63) is 106 Å². The van der Waals surface area contributed by atoms with E-state index in [1.807, 2.05) is 30.3 Å². The summed E-state index contributed by atoms with van der Waals surface area (Å²) in [6, 6.07) is 21.6. The highest BCUT2D eigenvalue weighted by molar-refractivity contribution is 5.94. The number of ether oxygens (including phenoxy) is 2. The van der Waals surface area contributed by atoms with E-state index < -0.39 is 40.3 Å². The number of carbonyl (C=O) groups is 1. The smallest absolute Gasteiger partial charge is 0.312 e. The molecule has 0 fully saturated rings. The van der Waals surface area contributed by atoms with Crippen molar-refractivity contribution in [2.45, 2.75) is 18.9 Å². The molecular formula is C31H22O9. The summed E-state index contributed by atoms with van der Waals surface area (Å²) in [5.41, 5.74) is 1.08. The van der Waals surface area contributed by atoms with Crippen LogP contribution in [-0.4, -0.2) is 26.4 Å². The predicted octanol–water partition coefficient (Wildman–Crippen LogP) is 5.30. The lowest BCUT2D eigenvalue weighted by molar-refractivity contribution is -0.135. The van der Waals surface area contributed by atoms with Gasteiger partial charge in [0.1, 0.15) is 34.8 Å². The van der Waals surface area contributed by atoms with E-state index in [4.69, 9.17) is 13.9 Å². The molecule has 1 atom stereocenters. The molecule has 0 saturated heterocycles. The van der Waals surface area contributed by atoms with Crippen LogP contribution in [0, 0.1) is 0 Å². The lowest BCUT2D eigenvalue weighted by Gasteiger charge is -2.26. The van der Waals surface area contributed by atoms with Gasteiger partial charge in [0.2, 0.25) is 11.2 Å². The molecule has 4 aromatic carbocycles. The molecule has 4 N–H and O–H groups in total. The van der Waals surface area contributed by atoms with Crippen molar-refractivity contribution < 1.29 is 39.1 Å². The molecule has 9 heteroatoms. The summed E-state index contributed by atoms with van der Waals surface area (Å²) in [6.45, 7) is 0.335. The third-order valence-electron chi connectivity index (χ3n) is 6.81. The van der Waals surface area contributed by atoms with E-state index >= 15 is 0 Å². The molecule has 6 rings (SSSR count). The van der Waals surface area contributed by atoms with E-state index in [0.29, 0.717) is 23.5 Å². The Bertz CT molecular complexity index is 1840. The summed E-state index contributed by atoms with van der Waals surface area (Å²) in [6.07, 6.45) is -0.0884. The van der Waals surface area contributed by atoms with Crippen LogP contribution in [0.15, 0.2) is 88.1 Å². The number of phenols is 3. The molecule has 1 aromatic heterocycles. The van der Waals surface area contributed by atoms with Crippen LogP contribution in [0.3, 0.4) is 0 Å². The van der Waals surface area contributed by atoms with Gasteiger partial charge in [-0.2, -0.15) is 0 Å². The molecule has 0 aliphatic carbocycles. The molecule has 0 saturated carbocycles. The quantitative estimate of drug-likeness (QED) is 0.133. The van der Waals surface area contributed by atoms with Crippen LogP contribution in [0.2, 0.25) is 0 Å². The Morgan fingerprint density at radius 1 is 0.825 bits per heavy atom. The monoisotopic (exact) mass is 538 g/mol. The fraction of sp³-hybridized carbons (Fsp3) is 0.0968. The van der Waals surface area contributed by atoms with Crippen LogP contribution in [0.25, 0.3) is 22.3 Å². The van der Waals surface area contributed by atoms with Crippen molar-refractivity contribution in [3.63, 3.8) is 0 Å². The van der Waals surface area contributed by atoms with Gasteiger partial charge >= 0.3 is 5.97 Å². The van der Waals surface area contributed by atoms with Crippen molar-refractivity contribution in [1.82, 2.24) is 0 Å². The van der Waals surface area contributed by atoms with E-state index in [2.05, 4.69) is 0 Å². The zero-order chi connectivity index (χ0) is 28.0. The summed E-state index contributed by atoms with van der Waals surface area (Å²) in [5.74, 6) is -3.14. The second-order valence-electron chi connectivity index (χ2n) is 9.40. The minimum absolute atomic E-state index is 0.00944. The topological polar surface area (TPSA) is 147 Å². The Morgan fingerprint density at radius 3 is 2.40 bits per heavy atom. The van der Waals surface area contributed by atoms with Crippen molar-refractivity contribution >= 4 is 16.9 Å². The minimum atomic E-state index is -0.917. The van der Waals surface area contributed by atoms with E-state index in [1.165, 1.54) is 12.1 Å². The highest BCUT2D eigenvalue weighted by Gasteiger charge is 2.34. The molecule has 0 spiro atoms. The van der Waals surface area contributed by atoms with Crippen molar-refractivity contribution in [3.8, 4) is 45.8 Å². The van der Waals surface area contributed by atoms with Gasteiger partial charge < -0.3 is 34.3 Å². The average Bonchev–Trinajstić information content (AvgIpc) is 2.95. The maximum atomic E-state index is 13.3. The van der Waals surface area contributed by atoms with Crippen LogP contribution in [0.4, 0.5) is 0 Å². The molecule has 0 radical (unpaired) electrons. The third kappa shape index (κ3) is 4.33. The number of phenolic OH excluding ortho intramolecular Hbond substituents is 3. The van der Waals surface area contributed by atoms with Gasteiger partial charge in [0.05, 0.1) is 6.42 Å². The first-order valence-electron chi connectivity index (χ1n) is 12.4. The number of aromatic hydroxyl groups is 4. The van der Waals surface area contributed by atoms with Gasteiger partial charge in [-0.25, -0.2) is 0 Å². The first-order valence-corrected chi connectivity index (χ1v) is 12.4. The molecule has 40 heavy (non-hydrogen) atoms. The van der Waals surface area contributed by atoms with E-state index in [9.17, 15) is 30.0 Å². The maximum absolute atomic E-state index is 13.3. The maximum Gasteiger partial charge on any atom is 0.312 e. The van der Waals surface area contributed by atoms with E-state index in [-0.39, 0.29) is 34.5 Å². The third-order valence-corrected chi connectivity index (χ3v) is 6.81. The Kier molecular flexibility index (Phi) is 6.03. The van der Waals surface area contributed by atoms with Gasteiger partial charge in [-0.1, -0.05) is 42.5 Å². The number of hydrogen-bond acceptors (Lipinski definition) is 9. The molecule has 1 aliphatic rings. The first kappa shape index (κ1) is 24.9. The lowest BCUT2D eigenvalue weighted by Crippen LogP contribution is -2.22. The van der Waals surface area contributed by atoms with Gasteiger partial charge in [0, 0.05) is 23.1 Å². The Morgan fingerprint density at radius 2 is 1.62 bits per heavy atom. The summed E-state index contributed by atoms with van der Waals surface area (Å²) >= 11 is 0. The SMILES string of the molecule is O=C1C[C@@H](c2cccc(OCc3ccccc3)c2)c2c(cc(O)c3c(=O)c(O)c(-c4ccc(O)c(O)c4)oc23)O1. The van der Waals surface area contributed by atoms with E-state index in [1.54, 1.807) is 24.3 Å². The van der Waals surface area contributed by atoms with Gasteiger partial charge in [-0.3, -0.25) is 9.59 Å². The highest BCUT2D eigenvalue weighted by Crippen LogP contribution is 2.47. The Balaban J connectivity index is 1.51. The van der Waals surface area contributed by atoms with Crippen LogP contribution in [-0.2, 0) is 11.4 Å². The van der Waals surface area contributed by atoms with Crippen LogP contribution in [0.5, 0.6) is 34.5 Å². The summed E-state index contributed by atoms with van der Waals surface area (Å²) in [5, 5.41) is 40.8. The standard InChI is InChI=1S/C31H22O9/c32-21-10-9-18(12-22(21)33)30-29(37)28(36)27-23(34)14-24-26(31(27)40-30)20(13-25(35)39-24)17-7-4-8-19(11-17)38-15-16-5-2-1-3-6-16/h1-12,14,20,32-34,37H,13,15H2/t20-/m0/s1. The number of fused-ring (bicyclic) bond motifs is 3. The van der Waals surface area contributed by atoms with Crippen LogP contribution >= 0.6 is 0 Å². The van der Waals surface area contributed by atoms with Crippen LogP contribution < -0.4 is 14.9 Å². The molecular weight excluding hydrogens is 516 g/mol. The molecule has 200 valence electrons. The van der Waals surface area contributed by atoms with Gasteiger partial charge in [0.15, 0.2) is 17.3 Å². The lowest BCUT2D eigenvalue weighted by atomic mass is 9.85. The average molecular weight is 539 g/mol. The second kappa shape index (κ2) is 9.70. The zero-order valence-corrected chi connectivity index (χ0v) is 20.8. The van der Waals surface area contributed by atoms with Gasteiger partial charge in [0.25, 0.3) is 0 Å². The summed E-state index contributed by atoms with van der Waals surface area (Å²) in [4.78, 5) is 25.9. The number of benzene rings is 4. The molecule has 0 amide bonds. The predicted molar refractivity (Wildman–Crippen MR) is 144 cm³/mol. The normalized spacial score (nSPS) is 14.5.